The number of nitro benzene ring substituents is 1. The van der Waals surface area contributed by atoms with Crippen LogP contribution in [0.5, 0.6) is 0 Å². The normalized spacial score (nSPS) is 10.1. The Morgan fingerprint density at radius 2 is 2.00 bits per heavy atom. The number of hydrogen-bond donors (Lipinski definition) is 1. The number of carbonyl (C=O) groups excluding carboxylic acids is 2. The van der Waals surface area contributed by atoms with Crippen LogP contribution in [0.15, 0.2) is 23.6 Å². The molecule has 1 amide bonds. The van der Waals surface area contributed by atoms with Crippen LogP contribution in [0.2, 0.25) is 0 Å². The Morgan fingerprint density at radius 1 is 1.32 bits per heavy atom. The molecule has 0 aliphatic carbocycles. The van der Waals surface area contributed by atoms with Gasteiger partial charge in [0.05, 0.1) is 23.3 Å². The Bertz CT molecular complexity index is 756. The summed E-state index contributed by atoms with van der Waals surface area (Å²) in [6.45, 7) is 1.77. The van der Waals surface area contributed by atoms with Gasteiger partial charge in [-0.05, 0) is 13.0 Å². The van der Waals surface area contributed by atoms with E-state index in [4.69, 9.17) is 0 Å². The fourth-order valence-corrected chi connectivity index (χ4v) is 2.35. The van der Waals surface area contributed by atoms with Gasteiger partial charge in [0.25, 0.3) is 11.6 Å². The minimum Gasteiger partial charge on any atom is -0.465 e. The van der Waals surface area contributed by atoms with Crippen molar-refractivity contribution >= 4 is 34.0 Å². The molecule has 0 saturated carbocycles. The molecule has 0 spiro atoms. The third-order valence-corrected chi connectivity index (χ3v) is 3.53. The van der Waals surface area contributed by atoms with E-state index in [0.29, 0.717) is 5.13 Å². The summed E-state index contributed by atoms with van der Waals surface area (Å²) >= 11 is 1.23. The van der Waals surface area contributed by atoms with Gasteiger partial charge in [0.1, 0.15) is 0 Å². The molecule has 0 saturated heterocycles. The Hall–Kier alpha value is -2.81. The molecule has 0 unspecified atom stereocenters. The molecule has 0 aliphatic rings. The molecule has 22 heavy (non-hydrogen) atoms. The maximum atomic E-state index is 12.1. The summed E-state index contributed by atoms with van der Waals surface area (Å²) in [6, 6.07) is 3.37. The van der Waals surface area contributed by atoms with Crippen LogP contribution in [0.3, 0.4) is 0 Å². The summed E-state index contributed by atoms with van der Waals surface area (Å²) in [5, 5.41) is 15.6. The van der Waals surface area contributed by atoms with Crippen molar-refractivity contribution in [1.82, 2.24) is 4.98 Å². The fourth-order valence-electron chi connectivity index (χ4n) is 1.66. The average Bonchev–Trinajstić information content (AvgIpc) is 2.90. The van der Waals surface area contributed by atoms with Gasteiger partial charge in [-0.2, -0.15) is 0 Å². The Labute approximate surface area is 128 Å². The van der Waals surface area contributed by atoms with Crippen molar-refractivity contribution in [2.24, 2.45) is 0 Å². The number of nitrogens with zero attached hydrogens (tertiary/aromatic N) is 2. The van der Waals surface area contributed by atoms with Gasteiger partial charge in [0, 0.05) is 23.1 Å². The van der Waals surface area contributed by atoms with Gasteiger partial charge in [-0.1, -0.05) is 0 Å². The van der Waals surface area contributed by atoms with Gasteiger partial charge >= 0.3 is 5.97 Å². The van der Waals surface area contributed by atoms with Crippen molar-refractivity contribution in [2.75, 3.05) is 12.4 Å². The molecule has 0 aliphatic heterocycles. The first-order chi connectivity index (χ1) is 10.4. The highest BCUT2D eigenvalue weighted by Gasteiger charge is 2.19. The summed E-state index contributed by atoms with van der Waals surface area (Å²) in [7, 11) is 1.15. The van der Waals surface area contributed by atoms with Crippen molar-refractivity contribution in [3.05, 3.63) is 50.5 Å². The number of ether oxygens (including phenoxy) is 1. The highest BCUT2D eigenvalue weighted by molar-refractivity contribution is 7.13. The Kier molecular flexibility index (Phi) is 4.47. The molecule has 1 aromatic heterocycles. The van der Waals surface area contributed by atoms with Crippen LogP contribution in [-0.4, -0.2) is 28.9 Å². The molecular weight excluding hydrogens is 310 g/mol. The van der Waals surface area contributed by atoms with Crippen LogP contribution in [0, 0.1) is 17.0 Å². The van der Waals surface area contributed by atoms with E-state index < -0.39 is 16.8 Å². The van der Waals surface area contributed by atoms with E-state index in [1.807, 2.05) is 0 Å². The van der Waals surface area contributed by atoms with Crippen LogP contribution >= 0.6 is 11.3 Å². The standard InChI is InChI=1S/C13H11N3O5S/c1-7-6-22-13(14-7)15-11(17)8-3-9(12(18)21-2)5-10(4-8)16(19)20/h3-6H,1-2H3,(H,14,15,17). The lowest BCUT2D eigenvalue weighted by Crippen LogP contribution is -2.13. The van der Waals surface area contributed by atoms with Gasteiger partial charge in [0.2, 0.25) is 0 Å². The number of methoxy groups -OCH3 is 1. The van der Waals surface area contributed by atoms with E-state index in [1.54, 1.807) is 12.3 Å². The zero-order valence-corrected chi connectivity index (χ0v) is 12.5. The molecule has 0 fully saturated rings. The lowest BCUT2D eigenvalue weighted by molar-refractivity contribution is -0.384. The van der Waals surface area contributed by atoms with E-state index in [9.17, 15) is 19.7 Å². The number of rotatable bonds is 4. The molecule has 0 radical (unpaired) electrons. The maximum absolute atomic E-state index is 12.1. The lowest BCUT2D eigenvalue weighted by Gasteiger charge is -2.05. The molecule has 114 valence electrons. The predicted molar refractivity (Wildman–Crippen MR) is 79.2 cm³/mol. The molecular formula is C13H11N3O5S. The number of aryl methyl sites for hydroxylation is 1. The first-order valence-electron chi connectivity index (χ1n) is 6.02. The maximum Gasteiger partial charge on any atom is 0.338 e. The second kappa shape index (κ2) is 6.31. The second-order valence-electron chi connectivity index (χ2n) is 4.27. The van der Waals surface area contributed by atoms with Gasteiger partial charge in [-0.25, -0.2) is 9.78 Å². The topological polar surface area (TPSA) is 111 Å². The van der Waals surface area contributed by atoms with Crippen LogP contribution in [0.1, 0.15) is 26.4 Å². The molecule has 9 heteroatoms. The highest BCUT2D eigenvalue weighted by atomic mass is 32.1. The summed E-state index contributed by atoms with van der Waals surface area (Å²) in [5.41, 5.74) is 0.276. The monoisotopic (exact) mass is 321 g/mol. The van der Waals surface area contributed by atoms with Crippen molar-refractivity contribution in [2.45, 2.75) is 6.92 Å². The van der Waals surface area contributed by atoms with Crippen molar-refractivity contribution in [1.29, 1.82) is 0 Å². The highest BCUT2D eigenvalue weighted by Crippen LogP contribution is 2.20. The van der Waals surface area contributed by atoms with Crippen molar-refractivity contribution in [3.8, 4) is 0 Å². The van der Waals surface area contributed by atoms with E-state index >= 15 is 0 Å². The number of hydrogen-bond acceptors (Lipinski definition) is 7. The van der Waals surface area contributed by atoms with Gasteiger partial charge in [0.15, 0.2) is 5.13 Å². The Balaban J connectivity index is 2.36. The summed E-state index contributed by atoms with van der Waals surface area (Å²) in [5.74, 6) is -1.36. The van der Waals surface area contributed by atoms with E-state index in [-0.39, 0.29) is 16.8 Å². The van der Waals surface area contributed by atoms with Crippen molar-refractivity contribution < 1.29 is 19.2 Å². The molecule has 2 rings (SSSR count). The number of aromatic nitrogens is 1. The predicted octanol–water partition coefficient (Wildman–Crippen LogP) is 2.40. The third-order valence-electron chi connectivity index (χ3n) is 2.65. The quantitative estimate of drug-likeness (QED) is 0.526. The van der Waals surface area contributed by atoms with Crippen molar-refractivity contribution in [3.63, 3.8) is 0 Å². The molecule has 0 atom stereocenters. The first kappa shape index (κ1) is 15.6. The number of non-ortho nitro benzene ring substituents is 1. The Morgan fingerprint density at radius 3 is 2.55 bits per heavy atom. The lowest BCUT2D eigenvalue weighted by atomic mass is 10.1. The number of benzene rings is 1. The van der Waals surface area contributed by atoms with Crippen LogP contribution in [0.4, 0.5) is 10.8 Å². The summed E-state index contributed by atoms with van der Waals surface area (Å²) in [6.07, 6.45) is 0. The number of nitrogens with one attached hydrogen (secondary N) is 1. The van der Waals surface area contributed by atoms with Gasteiger partial charge < -0.3 is 4.74 Å². The summed E-state index contributed by atoms with van der Waals surface area (Å²) < 4.78 is 4.52. The molecule has 1 heterocycles. The average molecular weight is 321 g/mol. The number of anilines is 1. The first-order valence-corrected chi connectivity index (χ1v) is 6.90. The van der Waals surface area contributed by atoms with Crippen LogP contribution < -0.4 is 5.32 Å². The second-order valence-corrected chi connectivity index (χ2v) is 5.12. The number of amides is 1. The molecule has 1 aromatic carbocycles. The molecule has 2 aromatic rings. The summed E-state index contributed by atoms with van der Waals surface area (Å²) in [4.78, 5) is 38.0. The molecule has 0 bridgehead atoms. The van der Waals surface area contributed by atoms with Gasteiger partial charge in [-0.3, -0.25) is 20.2 Å². The zero-order valence-electron chi connectivity index (χ0n) is 11.7. The smallest absolute Gasteiger partial charge is 0.338 e. The van der Waals surface area contributed by atoms with E-state index in [0.717, 1.165) is 24.9 Å². The van der Waals surface area contributed by atoms with E-state index in [1.165, 1.54) is 17.4 Å². The van der Waals surface area contributed by atoms with Crippen LogP contribution in [0.25, 0.3) is 0 Å². The molecule has 1 N–H and O–H groups in total. The number of esters is 1. The number of thiazole rings is 1. The van der Waals surface area contributed by atoms with Crippen LogP contribution in [-0.2, 0) is 4.74 Å². The number of carbonyl (C=O) groups is 2. The molecule has 8 nitrogen and oxygen atoms in total. The SMILES string of the molecule is COC(=O)c1cc(C(=O)Nc2nc(C)cs2)cc([N+](=O)[O-])c1. The van der Waals surface area contributed by atoms with E-state index in [2.05, 4.69) is 15.0 Å². The zero-order chi connectivity index (χ0) is 16.3. The minimum atomic E-state index is -0.761. The number of nitro groups is 1. The minimum absolute atomic E-state index is 0.0255. The third kappa shape index (κ3) is 3.44. The fraction of sp³-hybridized carbons (Fsp3) is 0.154. The van der Waals surface area contributed by atoms with Gasteiger partial charge in [-0.15, -0.1) is 11.3 Å². The largest absolute Gasteiger partial charge is 0.465 e.